The number of benzene rings is 3. The highest BCUT2D eigenvalue weighted by Crippen LogP contribution is 2.25. The summed E-state index contributed by atoms with van der Waals surface area (Å²) >= 11 is 0. The Labute approximate surface area is 193 Å². The summed E-state index contributed by atoms with van der Waals surface area (Å²) in [4.78, 5) is 21.9. The third kappa shape index (κ3) is 5.19. The summed E-state index contributed by atoms with van der Waals surface area (Å²) < 4.78 is 0. The Kier molecular flexibility index (Phi) is 6.50. The Morgan fingerprint density at radius 2 is 1.03 bits per heavy atom. The molecule has 4 rings (SSSR count). The van der Waals surface area contributed by atoms with Gasteiger partial charge in [-0.2, -0.15) is 10.2 Å². The summed E-state index contributed by atoms with van der Waals surface area (Å²) in [6.07, 6.45) is 3.10. The van der Waals surface area contributed by atoms with Gasteiger partial charge in [0.05, 0.1) is 23.6 Å². The largest absolute Gasteiger partial charge is 0.478 e. The Balaban J connectivity index is 1.48. The first-order valence-electron chi connectivity index (χ1n) is 10.0. The van der Waals surface area contributed by atoms with E-state index in [2.05, 4.69) is 31.3 Å². The maximum atomic E-state index is 10.9. The Morgan fingerprint density at radius 1 is 0.647 bits per heavy atom. The van der Waals surface area contributed by atoms with Gasteiger partial charge < -0.3 is 10.2 Å². The molecule has 1 heterocycles. The summed E-state index contributed by atoms with van der Waals surface area (Å²) in [5, 5.41) is 36.2. The first-order chi connectivity index (χ1) is 16.5. The van der Waals surface area contributed by atoms with E-state index in [0.717, 1.165) is 21.9 Å². The standard InChI is InChI=1S/C24H18N6O4/c31-23(32)17-9-5-15(6-10-17)13-25-27-21-19-3-1-2-4-20(19)22(30-29-21)28-26-14-16-7-11-18(12-8-16)24(33)34/h1-14H,(H,27,29)(H,28,30)(H,31,32)(H,33,34)/b25-13+,26-14+. The fourth-order valence-electron chi connectivity index (χ4n) is 3.03. The Hall–Kier alpha value is -5.12. The number of aromatic carboxylic acids is 2. The zero-order chi connectivity index (χ0) is 23.9. The molecule has 0 atom stereocenters. The second kappa shape index (κ2) is 10.0. The SMILES string of the molecule is O=C(O)c1ccc(/C=N/Nc2nnc(N/N=C/c3ccc(C(=O)O)cc3)c3ccccc23)cc1. The lowest BCUT2D eigenvalue weighted by molar-refractivity contribution is 0.0686. The van der Waals surface area contributed by atoms with E-state index in [9.17, 15) is 9.59 Å². The fraction of sp³-hybridized carbons (Fsp3) is 0. The van der Waals surface area contributed by atoms with Gasteiger partial charge in [0.25, 0.3) is 0 Å². The van der Waals surface area contributed by atoms with Crippen LogP contribution in [0.25, 0.3) is 10.8 Å². The molecule has 0 aliphatic rings. The smallest absolute Gasteiger partial charge is 0.335 e. The summed E-state index contributed by atoms with van der Waals surface area (Å²) in [5.74, 6) is -1.10. The van der Waals surface area contributed by atoms with Crippen LogP contribution in [0.5, 0.6) is 0 Å². The van der Waals surface area contributed by atoms with Gasteiger partial charge in [0, 0.05) is 10.8 Å². The number of hydrogen-bond donors (Lipinski definition) is 4. The molecule has 0 aliphatic heterocycles. The number of hydrazone groups is 2. The molecule has 0 amide bonds. The molecule has 0 fully saturated rings. The third-order valence-corrected chi connectivity index (χ3v) is 4.77. The number of carbonyl (C=O) groups is 2. The topological polar surface area (TPSA) is 149 Å². The Morgan fingerprint density at radius 3 is 1.38 bits per heavy atom. The molecule has 4 aromatic rings. The first kappa shape index (κ1) is 22.1. The average Bonchev–Trinajstić information content (AvgIpc) is 2.85. The number of anilines is 2. The van der Waals surface area contributed by atoms with E-state index in [1.165, 1.54) is 24.3 Å². The van der Waals surface area contributed by atoms with Crippen LogP contribution in [0.3, 0.4) is 0 Å². The molecule has 10 heteroatoms. The minimum Gasteiger partial charge on any atom is -0.478 e. The van der Waals surface area contributed by atoms with E-state index in [1.807, 2.05) is 24.3 Å². The van der Waals surface area contributed by atoms with Gasteiger partial charge in [-0.1, -0.05) is 48.5 Å². The number of carboxylic acids is 2. The molecule has 0 radical (unpaired) electrons. The number of aromatic nitrogens is 2. The molecule has 3 aromatic carbocycles. The predicted octanol–water partition coefficient (Wildman–Crippen LogP) is 3.92. The minimum atomic E-state index is -0.988. The van der Waals surface area contributed by atoms with Crippen molar-refractivity contribution in [1.29, 1.82) is 0 Å². The summed E-state index contributed by atoms with van der Waals surface area (Å²) in [7, 11) is 0. The van der Waals surface area contributed by atoms with Gasteiger partial charge in [-0.15, -0.1) is 10.2 Å². The number of fused-ring (bicyclic) bond motifs is 1. The second-order valence-electron chi connectivity index (χ2n) is 7.04. The van der Waals surface area contributed by atoms with Gasteiger partial charge >= 0.3 is 11.9 Å². The third-order valence-electron chi connectivity index (χ3n) is 4.77. The lowest BCUT2D eigenvalue weighted by Crippen LogP contribution is -2.02. The fourth-order valence-corrected chi connectivity index (χ4v) is 3.03. The lowest BCUT2D eigenvalue weighted by atomic mass is 10.1. The number of nitrogens with zero attached hydrogens (tertiary/aromatic N) is 4. The van der Waals surface area contributed by atoms with Gasteiger partial charge in [0.1, 0.15) is 0 Å². The van der Waals surface area contributed by atoms with Crippen molar-refractivity contribution in [2.75, 3.05) is 10.9 Å². The van der Waals surface area contributed by atoms with Crippen LogP contribution >= 0.6 is 0 Å². The van der Waals surface area contributed by atoms with Gasteiger partial charge in [0.15, 0.2) is 11.6 Å². The summed E-state index contributed by atoms with van der Waals surface area (Å²) in [5.41, 5.74) is 7.57. The normalized spacial score (nSPS) is 11.2. The highest BCUT2D eigenvalue weighted by atomic mass is 16.4. The molecule has 10 nitrogen and oxygen atoms in total. The van der Waals surface area contributed by atoms with Crippen LogP contribution in [-0.4, -0.2) is 44.8 Å². The molecule has 0 saturated heterocycles. The molecule has 0 aliphatic carbocycles. The lowest BCUT2D eigenvalue weighted by Gasteiger charge is -2.08. The molecule has 0 saturated carbocycles. The van der Waals surface area contributed by atoms with E-state index in [1.54, 1.807) is 36.7 Å². The van der Waals surface area contributed by atoms with Crippen LogP contribution in [0.1, 0.15) is 31.8 Å². The summed E-state index contributed by atoms with van der Waals surface area (Å²) in [6.45, 7) is 0. The number of nitrogens with one attached hydrogen (secondary N) is 2. The second-order valence-corrected chi connectivity index (χ2v) is 7.04. The molecule has 0 bridgehead atoms. The van der Waals surface area contributed by atoms with E-state index < -0.39 is 11.9 Å². The van der Waals surface area contributed by atoms with Crippen LogP contribution in [0.15, 0.2) is 83.0 Å². The summed E-state index contributed by atoms with van der Waals surface area (Å²) in [6, 6.07) is 20.1. The van der Waals surface area contributed by atoms with Crippen molar-refractivity contribution in [2.45, 2.75) is 0 Å². The maximum absolute atomic E-state index is 10.9. The zero-order valence-corrected chi connectivity index (χ0v) is 17.6. The molecular formula is C24H18N6O4. The van der Waals surface area contributed by atoms with Crippen LogP contribution in [0.4, 0.5) is 11.6 Å². The van der Waals surface area contributed by atoms with Gasteiger partial charge in [-0.25, -0.2) is 9.59 Å². The van der Waals surface area contributed by atoms with Gasteiger partial charge in [-0.3, -0.25) is 10.9 Å². The van der Waals surface area contributed by atoms with Crippen molar-refractivity contribution in [2.24, 2.45) is 10.2 Å². The molecule has 0 unspecified atom stereocenters. The van der Waals surface area contributed by atoms with Crippen LogP contribution < -0.4 is 10.9 Å². The van der Waals surface area contributed by atoms with Gasteiger partial charge in [0.2, 0.25) is 0 Å². The molecule has 168 valence electrons. The van der Waals surface area contributed by atoms with E-state index in [4.69, 9.17) is 10.2 Å². The van der Waals surface area contributed by atoms with Crippen LogP contribution in [0, 0.1) is 0 Å². The molecule has 34 heavy (non-hydrogen) atoms. The van der Waals surface area contributed by atoms with E-state index >= 15 is 0 Å². The molecule has 1 aromatic heterocycles. The maximum Gasteiger partial charge on any atom is 0.335 e. The van der Waals surface area contributed by atoms with Crippen molar-refractivity contribution in [3.05, 3.63) is 95.1 Å². The van der Waals surface area contributed by atoms with Crippen molar-refractivity contribution >= 4 is 46.8 Å². The zero-order valence-electron chi connectivity index (χ0n) is 17.6. The molecular weight excluding hydrogens is 436 g/mol. The van der Waals surface area contributed by atoms with Crippen molar-refractivity contribution in [3.63, 3.8) is 0 Å². The van der Waals surface area contributed by atoms with Crippen molar-refractivity contribution < 1.29 is 19.8 Å². The van der Waals surface area contributed by atoms with E-state index in [0.29, 0.717) is 11.6 Å². The molecule has 0 spiro atoms. The minimum absolute atomic E-state index is 0.199. The Bertz CT molecular complexity index is 1290. The number of rotatable bonds is 8. The number of carboxylic acid groups (broad SMARTS) is 2. The van der Waals surface area contributed by atoms with Crippen LogP contribution in [0.2, 0.25) is 0 Å². The first-order valence-corrected chi connectivity index (χ1v) is 10.0. The highest BCUT2D eigenvalue weighted by Gasteiger charge is 2.08. The average molecular weight is 454 g/mol. The van der Waals surface area contributed by atoms with Crippen molar-refractivity contribution in [1.82, 2.24) is 10.2 Å². The van der Waals surface area contributed by atoms with Gasteiger partial charge in [-0.05, 0) is 35.4 Å². The predicted molar refractivity (Wildman–Crippen MR) is 129 cm³/mol. The van der Waals surface area contributed by atoms with E-state index in [-0.39, 0.29) is 11.1 Å². The van der Waals surface area contributed by atoms with Crippen molar-refractivity contribution in [3.8, 4) is 0 Å². The highest BCUT2D eigenvalue weighted by molar-refractivity contribution is 5.98. The number of hydrogen-bond acceptors (Lipinski definition) is 8. The quantitative estimate of drug-likeness (QED) is 0.231. The van der Waals surface area contributed by atoms with Crippen LogP contribution in [-0.2, 0) is 0 Å². The monoisotopic (exact) mass is 454 g/mol. The molecule has 4 N–H and O–H groups in total.